The summed E-state index contributed by atoms with van der Waals surface area (Å²) in [6, 6.07) is 0. The second-order valence-corrected chi connectivity index (χ2v) is 23.1. The molecule has 0 aromatic rings. The van der Waals surface area contributed by atoms with Gasteiger partial charge in [-0.3, -0.25) is 14.4 Å². The third-order valence-corrected chi connectivity index (χ3v) is 14.4. The molecule has 0 unspecified atom stereocenters. The van der Waals surface area contributed by atoms with Crippen molar-refractivity contribution in [2.75, 3.05) is 13.2 Å². The van der Waals surface area contributed by atoms with Crippen molar-refractivity contribution < 1.29 is 28.6 Å². The van der Waals surface area contributed by atoms with Crippen LogP contribution in [0.15, 0.2) is 0 Å². The first-order valence-electron chi connectivity index (χ1n) is 31.1. The lowest BCUT2D eigenvalue weighted by molar-refractivity contribution is -0.167. The molecule has 0 amide bonds. The fourth-order valence-electron chi connectivity index (χ4n) is 9.71. The Bertz CT molecular complexity index is 1070. The van der Waals surface area contributed by atoms with Gasteiger partial charge in [-0.2, -0.15) is 0 Å². The number of hydrogen-bond acceptors (Lipinski definition) is 6. The van der Waals surface area contributed by atoms with Crippen LogP contribution < -0.4 is 0 Å². The molecule has 0 N–H and O–H groups in total. The van der Waals surface area contributed by atoms with E-state index in [1.807, 2.05) is 0 Å². The van der Waals surface area contributed by atoms with Crippen LogP contribution in [0.4, 0.5) is 0 Å². The van der Waals surface area contributed by atoms with E-state index in [9.17, 15) is 14.4 Å². The lowest BCUT2D eigenvalue weighted by Crippen LogP contribution is -2.30. The van der Waals surface area contributed by atoms with E-state index in [4.69, 9.17) is 14.2 Å². The summed E-state index contributed by atoms with van der Waals surface area (Å²) in [6.07, 6.45) is 58.2. The Hall–Kier alpha value is -1.59. The standard InChI is InChI=1S/C63H122O6/c1-57(2)49-43-37-31-25-19-15-11-9-7-8-10-12-17-21-28-34-40-46-52-61(64)67-55-60(56-68-62(65)53-47-41-35-29-24-23-27-33-39-45-51-59(5)6)69-63(66)54-48-42-36-30-22-18-14-13-16-20-26-32-38-44-50-58(3)4/h57-60H,7-56H2,1-6H3/t60-/m1/s1. The van der Waals surface area contributed by atoms with Gasteiger partial charge in [-0.05, 0) is 37.0 Å². The summed E-state index contributed by atoms with van der Waals surface area (Å²) in [5.41, 5.74) is 0. The van der Waals surface area contributed by atoms with Crippen LogP contribution in [0.3, 0.4) is 0 Å². The molecule has 0 radical (unpaired) electrons. The van der Waals surface area contributed by atoms with Crippen molar-refractivity contribution in [2.24, 2.45) is 17.8 Å². The van der Waals surface area contributed by atoms with Gasteiger partial charge in [0.1, 0.15) is 13.2 Å². The van der Waals surface area contributed by atoms with E-state index in [2.05, 4.69) is 41.5 Å². The molecule has 0 aliphatic carbocycles. The second-order valence-electron chi connectivity index (χ2n) is 23.1. The maximum absolute atomic E-state index is 12.9. The van der Waals surface area contributed by atoms with Crippen LogP contribution in [0, 0.1) is 17.8 Å². The van der Waals surface area contributed by atoms with E-state index in [1.165, 1.54) is 231 Å². The van der Waals surface area contributed by atoms with E-state index in [-0.39, 0.29) is 31.1 Å². The molecule has 0 aromatic heterocycles. The number of ether oxygens (including phenoxy) is 3. The Kier molecular flexibility index (Phi) is 52.9. The number of hydrogen-bond donors (Lipinski definition) is 0. The predicted octanol–water partition coefficient (Wildman–Crippen LogP) is 20.7. The molecule has 6 nitrogen and oxygen atoms in total. The normalized spacial score (nSPS) is 12.1. The summed E-state index contributed by atoms with van der Waals surface area (Å²) in [5.74, 6) is 1.68. The molecule has 0 heterocycles. The van der Waals surface area contributed by atoms with E-state index in [1.54, 1.807) is 0 Å². The number of unbranched alkanes of at least 4 members (excludes halogenated alkanes) is 39. The average molecular weight is 976 g/mol. The van der Waals surface area contributed by atoms with Crippen LogP contribution in [0.1, 0.15) is 350 Å². The predicted molar refractivity (Wildman–Crippen MR) is 298 cm³/mol. The first kappa shape index (κ1) is 67.4. The largest absolute Gasteiger partial charge is 0.462 e. The van der Waals surface area contributed by atoms with Crippen LogP contribution in [0.5, 0.6) is 0 Å². The van der Waals surface area contributed by atoms with Crippen LogP contribution >= 0.6 is 0 Å². The van der Waals surface area contributed by atoms with Crippen LogP contribution in [-0.2, 0) is 28.6 Å². The number of esters is 3. The van der Waals surface area contributed by atoms with Gasteiger partial charge >= 0.3 is 17.9 Å². The first-order chi connectivity index (χ1) is 33.6. The van der Waals surface area contributed by atoms with Crippen LogP contribution in [0.25, 0.3) is 0 Å². The van der Waals surface area contributed by atoms with Gasteiger partial charge in [0.15, 0.2) is 6.10 Å². The highest BCUT2D eigenvalue weighted by molar-refractivity contribution is 5.71. The summed E-state index contributed by atoms with van der Waals surface area (Å²) in [5, 5.41) is 0. The minimum absolute atomic E-state index is 0.0629. The molecule has 0 aliphatic heterocycles. The maximum atomic E-state index is 12.9. The smallest absolute Gasteiger partial charge is 0.306 e. The van der Waals surface area contributed by atoms with E-state index < -0.39 is 6.10 Å². The minimum Gasteiger partial charge on any atom is -0.462 e. The Labute approximate surface area is 431 Å². The molecule has 0 saturated carbocycles. The maximum Gasteiger partial charge on any atom is 0.306 e. The van der Waals surface area contributed by atoms with Gasteiger partial charge in [-0.15, -0.1) is 0 Å². The third-order valence-electron chi connectivity index (χ3n) is 14.4. The van der Waals surface area contributed by atoms with Crippen molar-refractivity contribution in [3.8, 4) is 0 Å². The number of carbonyl (C=O) groups excluding carboxylic acids is 3. The van der Waals surface area contributed by atoms with Gasteiger partial charge in [-0.25, -0.2) is 0 Å². The van der Waals surface area contributed by atoms with E-state index in [0.29, 0.717) is 19.3 Å². The van der Waals surface area contributed by atoms with Gasteiger partial charge in [0.05, 0.1) is 0 Å². The summed E-state index contributed by atoms with van der Waals surface area (Å²) in [6.45, 7) is 13.8. The van der Waals surface area contributed by atoms with Crippen LogP contribution in [-0.4, -0.2) is 37.2 Å². The molecule has 1 atom stereocenters. The molecular weight excluding hydrogens is 853 g/mol. The van der Waals surface area contributed by atoms with Crippen molar-refractivity contribution in [3.05, 3.63) is 0 Å². The van der Waals surface area contributed by atoms with Gasteiger partial charge in [0.25, 0.3) is 0 Å². The Morgan fingerprint density at radius 3 is 0.623 bits per heavy atom. The fourth-order valence-corrected chi connectivity index (χ4v) is 9.71. The fraction of sp³-hybridized carbons (Fsp3) is 0.952. The van der Waals surface area contributed by atoms with Crippen molar-refractivity contribution in [3.63, 3.8) is 0 Å². The zero-order valence-electron chi connectivity index (χ0n) is 47.6. The van der Waals surface area contributed by atoms with Gasteiger partial charge < -0.3 is 14.2 Å². The molecule has 6 heteroatoms. The van der Waals surface area contributed by atoms with E-state index >= 15 is 0 Å². The lowest BCUT2D eigenvalue weighted by atomic mass is 10.0. The first-order valence-corrected chi connectivity index (χ1v) is 31.1. The molecule has 0 bridgehead atoms. The average Bonchev–Trinajstić information content (AvgIpc) is 3.31. The Balaban J connectivity index is 4.25. The van der Waals surface area contributed by atoms with Crippen molar-refractivity contribution in [1.82, 2.24) is 0 Å². The van der Waals surface area contributed by atoms with Crippen molar-refractivity contribution >= 4 is 17.9 Å². The summed E-state index contributed by atoms with van der Waals surface area (Å²) >= 11 is 0. The monoisotopic (exact) mass is 975 g/mol. The highest BCUT2D eigenvalue weighted by Crippen LogP contribution is 2.19. The highest BCUT2D eigenvalue weighted by Gasteiger charge is 2.19. The van der Waals surface area contributed by atoms with Crippen molar-refractivity contribution in [2.45, 2.75) is 356 Å². The summed E-state index contributed by atoms with van der Waals surface area (Å²) in [4.78, 5) is 38.2. The number of carbonyl (C=O) groups is 3. The van der Waals surface area contributed by atoms with Crippen LogP contribution in [0.2, 0.25) is 0 Å². The van der Waals surface area contributed by atoms with Gasteiger partial charge in [-0.1, -0.05) is 311 Å². The quantitative estimate of drug-likeness (QED) is 0.0343. The lowest BCUT2D eigenvalue weighted by Gasteiger charge is -2.18. The molecule has 0 spiro atoms. The molecule has 410 valence electrons. The zero-order valence-corrected chi connectivity index (χ0v) is 47.6. The van der Waals surface area contributed by atoms with Gasteiger partial charge in [0.2, 0.25) is 0 Å². The molecular formula is C63H122O6. The van der Waals surface area contributed by atoms with Gasteiger partial charge in [0, 0.05) is 19.3 Å². The van der Waals surface area contributed by atoms with E-state index in [0.717, 1.165) is 75.5 Å². The topological polar surface area (TPSA) is 78.9 Å². The second kappa shape index (κ2) is 54.2. The molecule has 0 fully saturated rings. The van der Waals surface area contributed by atoms with Crippen molar-refractivity contribution in [1.29, 1.82) is 0 Å². The highest BCUT2D eigenvalue weighted by atomic mass is 16.6. The summed E-state index contributed by atoms with van der Waals surface area (Å²) in [7, 11) is 0. The minimum atomic E-state index is -0.764. The Morgan fingerprint density at radius 2 is 0.420 bits per heavy atom. The molecule has 0 aliphatic rings. The SMILES string of the molecule is CC(C)CCCCCCCCCCCCCCCCCCCCC(=O)OC[C@H](COC(=O)CCCCCCCCCCCCC(C)C)OC(=O)CCCCCCCCCCCCCCCCC(C)C. The number of rotatable bonds is 56. The summed E-state index contributed by atoms with van der Waals surface area (Å²) < 4.78 is 16.9. The molecule has 69 heavy (non-hydrogen) atoms. The Morgan fingerprint density at radius 1 is 0.246 bits per heavy atom. The molecule has 0 rings (SSSR count). The molecule has 0 aromatic carbocycles. The zero-order chi connectivity index (χ0) is 50.5. The third kappa shape index (κ3) is 57.2. The molecule has 0 saturated heterocycles.